The van der Waals surface area contributed by atoms with E-state index in [-0.39, 0.29) is 28.2 Å². The summed E-state index contributed by atoms with van der Waals surface area (Å²) in [6, 6.07) is 2.06. The first-order valence-corrected chi connectivity index (χ1v) is 11.4. The fourth-order valence-electron chi connectivity index (χ4n) is 4.25. The third-order valence-corrected chi connectivity index (χ3v) is 6.39. The maximum Gasteiger partial charge on any atom is 0.416 e. The van der Waals surface area contributed by atoms with Gasteiger partial charge in [-0.25, -0.2) is 0 Å². The van der Waals surface area contributed by atoms with E-state index in [4.69, 9.17) is 27.5 Å². The number of fused-ring (bicyclic) bond motifs is 1. The number of aryl methyl sites for hydroxylation is 2. The molecule has 0 spiro atoms. The van der Waals surface area contributed by atoms with Gasteiger partial charge in [-0.15, -0.1) is 0 Å². The molecule has 6 nitrogen and oxygen atoms in total. The zero-order chi connectivity index (χ0) is 25.2. The molecule has 1 aromatic carbocycles. The fourth-order valence-corrected chi connectivity index (χ4v) is 4.53. The van der Waals surface area contributed by atoms with E-state index in [9.17, 15) is 13.2 Å². The number of allylic oxidation sites excluding steroid dienone is 2. The second kappa shape index (κ2) is 10.3. The molecule has 0 radical (unpaired) electrons. The molecule has 34 heavy (non-hydrogen) atoms. The van der Waals surface area contributed by atoms with E-state index in [0.29, 0.717) is 35.2 Å². The topological polar surface area (TPSA) is 88.1 Å². The van der Waals surface area contributed by atoms with E-state index in [2.05, 4.69) is 14.9 Å². The second-order valence-corrected chi connectivity index (χ2v) is 8.93. The molecule has 1 fully saturated rings. The summed E-state index contributed by atoms with van der Waals surface area (Å²) in [6.45, 7) is 6.35. The van der Waals surface area contributed by atoms with Gasteiger partial charge in [-0.1, -0.05) is 18.5 Å². The lowest BCUT2D eigenvalue weighted by Crippen LogP contribution is -2.30. The van der Waals surface area contributed by atoms with E-state index in [1.54, 1.807) is 13.0 Å². The van der Waals surface area contributed by atoms with Crippen LogP contribution in [0.5, 0.6) is 6.01 Å². The summed E-state index contributed by atoms with van der Waals surface area (Å²) in [6.07, 6.45) is -0.164. The highest BCUT2D eigenvalue weighted by Crippen LogP contribution is 2.38. The zero-order valence-electron chi connectivity index (χ0n) is 19.7. The molecule has 2 heterocycles. The Morgan fingerprint density at radius 3 is 2.65 bits per heavy atom. The molecule has 1 aliphatic heterocycles. The Kier molecular flexibility index (Phi) is 7.88. The molecule has 1 aliphatic rings. The van der Waals surface area contributed by atoms with E-state index in [1.807, 2.05) is 14.0 Å². The maximum absolute atomic E-state index is 13.9. The number of rotatable bonds is 7. The predicted molar refractivity (Wildman–Crippen MR) is 130 cm³/mol. The number of nitrogens with two attached hydrogens (primary N) is 1. The van der Waals surface area contributed by atoms with Crippen LogP contribution in [-0.2, 0) is 6.42 Å². The van der Waals surface area contributed by atoms with Gasteiger partial charge < -0.3 is 15.4 Å². The summed E-state index contributed by atoms with van der Waals surface area (Å²) >= 11 is 6.48. The lowest BCUT2D eigenvalue weighted by atomic mass is 9.96. The van der Waals surface area contributed by atoms with Crippen LogP contribution in [-0.4, -0.2) is 53.1 Å². The number of hydrogen-bond acceptors (Lipinski definition) is 5. The Balaban J connectivity index is 2.14. The molecular weight excluding hydrogens is 467 g/mol. The molecule has 3 N–H and O–H groups in total. The lowest BCUT2D eigenvalue weighted by Gasteiger charge is -2.20. The molecule has 0 bridgehead atoms. The van der Waals surface area contributed by atoms with E-state index >= 15 is 0 Å². The molecule has 0 saturated carbocycles. The van der Waals surface area contributed by atoms with Crippen LogP contribution >= 0.6 is 11.6 Å². The molecule has 1 aromatic heterocycles. The van der Waals surface area contributed by atoms with Gasteiger partial charge in [0.15, 0.2) is 0 Å². The minimum Gasteiger partial charge on any atom is -0.462 e. The summed E-state index contributed by atoms with van der Waals surface area (Å²) in [5, 5.41) is 8.16. The first-order valence-electron chi connectivity index (χ1n) is 11.1. The third kappa shape index (κ3) is 5.70. The number of amidine groups is 1. The van der Waals surface area contributed by atoms with Crippen LogP contribution in [0.1, 0.15) is 43.5 Å². The van der Waals surface area contributed by atoms with Gasteiger partial charge in [0.2, 0.25) is 0 Å². The number of likely N-dealkylation sites (N-methyl/N-ethyl adjacent to an activating group) is 1. The van der Waals surface area contributed by atoms with Crippen LogP contribution in [0.2, 0.25) is 5.02 Å². The highest BCUT2D eigenvalue weighted by molar-refractivity contribution is 6.33. The molecule has 1 saturated heterocycles. The molecule has 10 heteroatoms. The first kappa shape index (κ1) is 26.0. The predicted octanol–water partition coefficient (Wildman–Crippen LogP) is 5.45. The number of aromatic nitrogens is 2. The summed E-state index contributed by atoms with van der Waals surface area (Å²) in [5.74, 6) is -0.467. The number of hydrogen-bond donors (Lipinski definition) is 2. The van der Waals surface area contributed by atoms with Crippen LogP contribution in [0, 0.1) is 12.3 Å². The molecule has 0 unspecified atom stereocenters. The van der Waals surface area contributed by atoms with Crippen molar-refractivity contribution in [1.29, 1.82) is 5.41 Å². The Bertz CT molecular complexity index is 1160. The molecular formula is C24H29ClF3N5O. The minimum atomic E-state index is -4.66. The van der Waals surface area contributed by atoms with Crippen LogP contribution in [0.3, 0.4) is 0 Å². The van der Waals surface area contributed by atoms with Crippen LogP contribution in [0.4, 0.5) is 13.2 Å². The monoisotopic (exact) mass is 495 g/mol. The Labute approximate surface area is 202 Å². The molecule has 184 valence electrons. The Morgan fingerprint density at radius 1 is 1.38 bits per heavy atom. The third-order valence-electron chi connectivity index (χ3n) is 6.08. The fraction of sp³-hybridized carbons (Fsp3) is 0.458. The lowest BCUT2D eigenvalue weighted by molar-refractivity contribution is -0.0883. The van der Waals surface area contributed by atoms with Gasteiger partial charge in [0.25, 0.3) is 0 Å². The normalized spacial score (nSPS) is 18.1. The van der Waals surface area contributed by atoms with Crippen molar-refractivity contribution in [3.63, 3.8) is 0 Å². The summed E-state index contributed by atoms with van der Waals surface area (Å²) in [5.41, 5.74) is 6.12. The molecule has 0 aliphatic carbocycles. The zero-order valence-corrected chi connectivity index (χ0v) is 20.4. The number of nitrogens with one attached hydrogen (secondary N) is 1. The van der Waals surface area contributed by atoms with Crippen molar-refractivity contribution in [2.45, 2.75) is 52.3 Å². The second-order valence-electron chi connectivity index (χ2n) is 8.52. The van der Waals surface area contributed by atoms with E-state index < -0.39 is 17.6 Å². The average Bonchev–Trinajstić information content (AvgIpc) is 3.14. The van der Waals surface area contributed by atoms with Crippen molar-refractivity contribution in [3.8, 4) is 6.01 Å². The smallest absolute Gasteiger partial charge is 0.416 e. The van der Waals surface area contributed by atoms with Crippen LogP contribution < -0.4 is 10.5 Å². The highest BCUT2D eigenvalue weighted by Gasteiger charge is 2.35. The number of alkyl halides is 3. The van der Waals surface area contributed by atoms with Gasteiger partial charge in [0.1, 0.15) is 12.4 Å². The van der Waals surface area contributed by atoms with Gasteiger partial charge in [0, 0.05) is 16.5 Å². The SMILES string of the molecule is CCc1c(/C=C(/C(C)=C\C(=N)N)C(F)(F)F)c(Cl)cc2c(C)nc(OC[C@@H]3CCCN3C)nc12. The number of ether oxygens (including phenoxy) is 1. The van der Waals surface area contributed by atoms with Crippen molar-refractivity contribution in [3.05, 3.63) is 45.1 Å². The minimum absolute atomic E-state index is 0.162. The molecule has 3 rings (SSSR count). The number of likely N-dealkylation sites (tertiary alicyclic amines) is 1. The molecule has 0 amide bonds. The standard InChI is InChI=1S/C24H29ClF3N5O/c1-5-16-18(10-19(24(26,27)28)13(2)9-21(29)30)20(25)11-17-14(3)31-23(32-22(16)17)34-12-15-7-6-8-33(15)4/h9-11,15H,5-8,12H2,1-4H3,(H3,29,30)/b13-9-,19-10-/t15-/m0/s1. The van der Waals surface area contributed by atoms with Crippen molar-refractivity contribution >= 4 is 34.4 Å². The van der Waals surface area contributed by atoms with Gasteiger partial charge in [-0.3, -0.25) is 5.41 Å². The van der Waals surface area contributed by atoms with E-state index in [1.165, 1.54) is 6.92 Å². The van der Waals surface area contributed by atoms with E-state index in [0.717, 1.165) is 31.5 Å². The van der Waals surface area contributed by atoms with Gasteiger partial charge in [-0.05, 0) is 81.6 Å². The molecule has 1 atom stereocenters. The van der Waals surface area contributed by atoms with Crippen molar-refractivity contribution in [2.24, 2.45) is 5.73 Å². The van der Waals surface area contributed by atoms with Crippen molar-refractivity contribution in [2.75, 3.05) is 20.2 Å². The van der Waals surface area contributed by atoms with Crippen LogP contribution in [0.15, 0.2) is 23.3 Å². The largest absolute Gasteiger partial charge is 0.462 e. The number of benzene rings is 1. The first-order chi connectivity index (χ1) is 15.9. The maximum atomic E-state index is 13.9. The summed E-state index contributed by atoms with van der Waals surface area (Å²) in [4.78, 5) is 11.2. The van der Waals surface area contributed by atoms with Crippen LogP contribution in [0.25, 0.3) is 17.0 Å². The highest BCUT2D eigenvalue weighted by atomic mass is 35.5. The quantitative estimate of drug-likeness (QED) is 0.303. The summed E-state index contributed by atoms with van der Waals surface area (Å²) < 4.78 is 47.5. The van der Waals surface area contributed by atoms with Crippen molar-refractivity contribution in [1.82, 2.24) is 14.9 Å². The Hall–Kier alpha value is -2.65. The molecule has 2 aromatic rings. The number of nitrogens with zero attached hydrogens (tertiary/aromatic N) is 3. The van der Waals surface area contributed by atoms with Gasteiger partial charge in [0.05, 0.1) is 16.8 Å². The van der Waals surface area contributed by atoms with Gasteiger partial charge in [-0.2, -0.15) is 23.1 Å². The summed E-state index contributed by atoms with van der Waals surface area (Å²) in [7, 11) is 2.05. The van der Waals surface area contributed by atoms with Gasteiger partial charge >= 0.3 is 12.2 Å². The average molecular weight is 496 g/mol. The number of halogens is 4. The van der Waals surface area contributed by atoms with Crippen molar-refractivity contribution < 1.29 is 17.9 Å². The Morgan fingerprint density at radius 2 is 2.09 bits per heavy atom.